The molecule has 2 nitrogen and oxygen atoms in total. The fraction of sp³-hybridized carbons (Fsp3) is 0.0625. The van der Waals surface area contributed by atoms with E-state index in [0.717, 1.165) is 22.2 Å². The van der Waals surface area contributed by atoms with Crippen LogP contribution in [-0.2, 0) is 0 Å². The molecule has 0 aliphatic heterocycles. The molecule has 94 valence electrons. The predicted molar refractivity (Wildman–Crippen MR) is 76.3 cm³/mol. The molecular formula is C16H13FN2. The molecule has 0 amide bonds. The van der Waals surface area contributed by atoms with E-state index in [1.165, 1.54) is 11.6 Å². The Morgan fingerprint density at radius 1 is 1.00 bits per heavy atom. The summed E-state index contributed by atoms with van der Waals surface area (Å²) < 4.78 is 13.5. The lowest BCUT2D eigenvalue weighted by Gasteiger charge is -2.05. The number of pyridine rings is 1. The number of aryl methyl sites for hydroxylation is 1. The normalized spacial score (nSPS) is 10.8. The van der Waals surface area contributed by atoms with Crippen molar-refractivity contribution < 1.29 is 4.39 Å². The Kier molecular flexibility index (Phi) is 2.67. The maximum atomic E-state index is 13.5. The minimum atomic E-state index is -0.414. The van der Waals surface area contributed by atoms with Gasteiger partial charge in [0.2, 0.25) is 0 Å². The molecule has 0 fully saturated rings. The van der Waals surface area contributed by atoms with Gasteiger partial charge in [0.05, 0.1) is 16.9 Å². The first-order valence-electron chi connectivity index (χ1n) is 6.06. The van der Waals surface area contributed by atoms with Crippen LogP contribution in [0.2, 0.25) is 0 Å². The fourth-order valence-corrected chi connectivity index (χ4v) is 2.09. The van der Waals surface area contributed by atoms with Crippen molar-refractivity contribution in [2.24, 2.45) is 0 Å². The van der Waals surface area contributed by atoms with Crippen molar-refractivity contribution in [2.75, 3.05) is 5.73 Å². The molecule has 0 spiro atoms. The van der Waals surface area contributed by atoms with Crippen LogP contribution in [0.1, 0.15) is 5.56 Å². The highest BCUT2D eigenvalue weighted by Crippen LogP contribution is 2.24. The number of rotatable bonds is 1. The Morgan fingerprint density at radius 2 is 1.84 bits per heavy atom. The summed E-state index contributed by atoms with van der Waals surface area (Å²) in [6, 6.07) is 14.7. The van der Waals surface area contributed by atoms with Gasteiger partial charge in [-0.25, -0.2) is 9.37 Å². The summed E-state index contributed by atoms with van der Waals surface area (Å²) in [5.74, 6) is -0.414. The van der Waals surface area contributed by atoms with E-state index < -0.39 is 5.82 Å². The van der Waals surface area contributed by atoms with Gasteiger partial charge >= 0.3 is 0 Å². The van der Waals surface area contributed by atoms with E-state index >= 15 is 0 Å². The van der Waals surface area contributed by atoms with Crippen molar-refractivity contribution >= 4 is 16.6 Å². The molecule has 2 N–H and O–H groups in total. The van der Waals surface area contributed by atoms with Gasteiger partial charge in [0.1, 0.15) is 5.82 Å². The smallest absolute Gasteiger partial charge is 0.146 e. The minimum Gasteiger partial charge on any atom is -0.396 e. The highest BCUT2D eigenvalue weighted by Gasteiger charge is 2.05. The molecule has 0 bridgehead atoms. The molecule has 3 aromatic rings. The van der Waals surface area contributed by atoms with Gasteiger partial charge in [0, 0.05) is 10.9 Å². The molecule has 19 heavy (non-hydrogen) atoms. The van der Waals surface area contributed by atoms with Crippen molar-refractivity contribution in [3.63, 3.8) is 0 Å². The first-order valence-corrected chi connectivity index (χ1v) is 6.06. The number of hydrogen-bond acceptors (Lipinski definition) is 2. The monoisotopic (exact) mass is 252 g/mol. The van der Waals surface area contributed by atoms with Gasteiger partial charge in [-0.15, -0.1) is 0 Å². The second-order valence-electron chi connectivity index (χ2n) is 4.63. The molecule has 1 heterocycles. The number of halogens is 1. The lowest BCUT2D eigenvalue weighted by atomic mass is 10.1. The maximum Gasteiger partial charge on any atom is 0.146 e. The highest BCUT2D eigenvalue weighted by molar-refractivity contribution is 5.82. The van der Waals surface area contributed by atoms with E-state index in [2.05, 4.69) is 11.1 Å². The molecule has 0 aliphatic carbocycles. The molecule has 0 saturated heterocycles. The quantitative estimate of drug-likeness (QED) is 0.666. The summed E-state index contributed by atoms with van der Waals surface area (Å²) >= 11 is 0. The number of nitrogens with zero attached hydrogens (tertiary/aromatic N) is 1. The summed E-state index contributed by atoms with van der Waals surface area (Å²) in [5, 5.41) is 1.08. The number of anilines is 1. The molecule has 0 saturated carbocycles. The Balaban J connectivity index is 2.14. The molecule has 2 aromatic carbocycles. The van der Waals surface area contributed by atoms with Gasteiger partial charge in [-0.05, 0) is 37.3 Å². The van der Waals surface area contributed by atoms with E-state index in [1.54, 1.807) is 12.1 Å². The van der Waals surface area contributed by atoms with Crippen molar-refractivity contribution in [3.05, 3.63) is 59.9 Å². The number of nitrogen functional groups attached to an aromatic ring is 1. The van der Waals surface area contributed by atoms with Crippen LogP contribution in [0, 0.1) is 12.7 Å². The fourth-order valence-electron chi connectivity index (χ4n) is 2.09. The Morgan fingerprint density at radius 3 is 2.63 bits per heavy atom. The molecular weight excluding hydrogens is 239 g/mol. The highest BCUT2D eigenvalue weighted by atomic mass is 19.1. The van der Waals surface area contributed by atoms with E-state index in [1.807, 2.05) is 31.2 Å². The van der Waals surface area contributed by atoms with Crippen LogP contribution in [0.15, 0.2) is 48.5 Å². The summed E-state index contributed by atoms with van der Waals surface area (Å²) in [4.78, 5) is 4.55. The summed E-state index contributed by atoms with van der Waals surface area (Å²) in [7, 11) is 0. The second-order valence-corrected chi connectivity index (χ2v) is 4.63. The van der Waals surface area contributed by atoms with E-state index in [0.29, 0.717) is 0 Å². The average molecular weight is 252 g/mol. The van der Waals surface area contributed by atoms with Crippen molar-refractivity contribution in [2.45, 2.75) is 6.92 Å². The number of aromatic nitrogens is 1. The number of benzene rings is 2. The number of hydrogen-bond donors (Lipinski definition) is 1. The first kappa shape index (κ1) is 11.7. The molecule has 0 unspecified atom stereocenters. The third kappa shape index (κ3) is 2.15. The summed E-state index contributed by atoms with van der Waals surface area (Å²) in [5.41, 5.74) is 9.21. The Labute approximate surface area is 110 Å². The predicted octanol–water partition coefficient (Wildman–Crippen LogP) is 3.93. The van der Waals surface area contributed by atoms with E-state index in [4.69, 9.17) is 5.73 Å². The molecule has 3 rings (SSSR count). The van der Waals surface area contributed by atoms with Crippen LogP contribution >= 0.6 is 0 Å². The SMILES string of the molecule is Cc1ccc2nc(-c3ccc(N)c(F)c3)ccc2c1. The van der Waals surface area contributed by atoms with E-state index in [-0.39, 0.29) is 5.69 Å². The summed E-state index contributed by atoms with van der Waals surface area (Å²) in [6.45, 7) is 2.04. The van der Waals surface area contributed by atoms with E-state index in [9.17, 15) is 4.39 Å². The zero-order valence-electron chi connectivity index (χ0n) is 10.5. The first-order chi connectivity index (χ1) is 9.13. The van der Waals surface area contributed by atoms with Gasteiger partial charge in [0.15, 0.2) is 0 Å². The largest absolute Gasteiger partial charge is 0.396 e. The molecule has 0 atom stereocenters. The van der Waals surface area contributed by atoms with Crippen LogP contribution in [-0.4, -0.2) is 4.98 Å². The number of fused-ring (bicyclic) bond motifs is 1. The number of nitrogens with two attached hydrogens (primary N) is 1. The Bertz CT molecular complexity index is 766. The van der Waals surface area contributed by atoms with Crippen molar-refractivity contribution in [1.82, 2.24) is 4.98 Å². The zero-order valence-corrected chi connectivity index (χ0v) is 10.5. The van der Waals surface area contributed by atoms with Crippen molar-refractivity contribution in [3.8, 4) is 11.3 Å². The topological polar surface area (TPSA) is 38.9 Å². The van der Waals surface area contributed by atoms with Crippen LogP contribution in [0.5, 0.6) is 0 Å². The van der Waals surface area contributed by atoms with Gasteiger partial charge in [-0.1, -0.05) is 23.8 Å². The molecule has 0 aliphatic rings. The second kappa shape index (κ2) is 4.35. The molecule has 1 aromatic heterocycles. The minimum absolute atomic E-state index is 0.153. The molecule has 3 heteroatoms. The zero-order chi connectivity index (χ0) is 13.4. The maximum absolute atomic E-state index is 13.5. The third-order valence-electron chi connectivity index (χ3n) is 3.14. The average Bonchev–Trinajstić information content (AvgIpc) is 2.41. The van der Waals surface area contributed by atoms with Gasteiger partial charge in [-0.3, -0.25) is 0 Å². The van der Waals surface area contributed by atoms with Crippen LogP contribution < -0.4 is 5.73 Å². The van der Waals surface area contributed by atoms with Crippen molar-refractivity contribution in [1.29, 1.82) is 0 Å². The van der Waals surface area contributed by atoms with Gasteiger partial charge in [-0.2, -0.15) is 0 Å². The van der Waals surface area contributed by atoms with Crippen LogP contribution in [0.4, 0.5) is 10.1 Å². The lowest BCUT2D eigenvalue weighted by Crippen LogP contribution is -1.92. The van der Waals surface area contributed by atoms with Crippen LogP contribution in [0.25, 0.3) is 22.2 Å². The third-order valence-corrected chi connectivity index (χ3v) is 3.14. The van der Waals surface area contributed by atoms with Gasteiger partial charge in [0.25, 0.3) is 0 Å². The van der Waals surface area contributed by atoms with Crippen LogP contribution in [0.3, 0.4) is 0 Å². The molecule has 0 radical (unpaired) electrons. The Hall–Kier alpha value is -2.42. The summed E-state index contributed by atoms with van der Waals surface area (Å²) in [6.07, 6.45) is 0. The lowest BCUT2D eigenvalue weighted by molar-refractivity contribution is 0.633. The van der Waals surface area contributed by atoms with Gasteiger partial charge < -0.3 is 5.73 Å². The standard InChI is InChI=1S/C16H13FN2/c1-10-2-6-15-11(8-10)4-7-16(19-15)12-3-5-14(18)13(17)9-12/h2-9H,18H2,1H3.